The maximum Gasteiger partial charge on any atom is 0.164 e. The first kappa shape index (κ1) is 62.2. The standard InChI is InChI=1S/C51H34N4.C45H30N4/c1-5-17-35(18-6-1)38-23-13-24-39(33-38)43-29-15-31-45-47(43)48-44(30-16-32-46(48)55(45)42-27-11-4-12-28-42)40-25-14-26-41(34-40)51-53-49(36-19-7-2-8-20-36)52-50(54-51)37-21-9-3-10-22-37;1-5-15-31(16-6-1)34-27-28-39-41(30-34)49(37-23-11-4-12-24-37)40-26-14-25-38(42(39)40)35-21-13-22-36(29-35)45-47-43(32-17-7-2-8-18-32)46-44(48-45)33-19-9-3-10-20-33/h1-34H;1-30H. The smallest absolute Gasteiger partial charge is 0.164 e. The summed E-state index contributed by atoms with van der Waals surface area (Å²) in [5.41, 5.74) is 24.2. The van der Waals surface area contributed by atoms with Crippen LogP contribution in [0, 0.1) is 0 Å². The van der Waals surface area contributed by atoms with Crippen LogP contribution in [0.3, 0.4) is 0 Å². The van der Waals surface area contributed by atoms with Gasteiger partial charge in [0.2, 0.25) is 0 Å². The molecule has 0 aliphatic rings. The fourth-order valence-electron chi connectivity index (χ4n) is 14.4. The molecular formula is C96H64N8. The summed E-state index contributed by atoms with van der Waals surface area (Å²) in [7, 11) is 0. The molecule has 4 heterocycles. The Balaban J connectivity index is 0.000000149. The van der Waals surface area contributed by atoms with E-state index in [2.05, 4.69) is 276 Å². The van der Waals surface area contributed by atoms with Gasteiger partial charge in [-0.15, -0.1) is 0 Å². The minimum absolute atomic E-state index is 0.631. The molecule has 0 saturated carbocycles. The van der Waals surface area contributed by atoms with Crippen LogP contribution in [0.1, 0.15) is 0 Å². The lowest BCUT2D eigenvalue weighted by atomic mass is 9.93. The molecule has 0 spiro atoms. The highest BCUT2D eigenvalue weighted by molar-refractivity contribution is 6.21. The van der Waals surface area contributed by atoms with Crippen LogP contribution < -0.4 is 0 Å². The molecule has 15 aromatic carbocycles. The predicted octanol–water partition coefficient (Wildman–Crippen LogP) is 24.3. The lowest BCUT2D eigenvalue weighted by molar-refractivity contribution is 1.07. The number of benzene rings is 15. The van der Waals surface area contributed by atoms with Gasteiger partial charge in [-0.1, -0.05) is 322 Å². The molecule has 4 aromatic heterocycles. The van der Waals surface area contributed by atoms with E-state index in [0.717, 1.165) is 83.6 Å². The second-order valence-electron chi connectivity index (χ2n) is 25.7. The van der Waals surface area contributed by atoms with Crippen molar-refractivity contribution in [1.82, 2.24) is 39.0 Å². The van der Waals surface area contributed by atoms with Gasteiger partial charge in [0.15, 0.2) is 34.9 Å². The number of aromatic nitrogens is 8. The van der Waals surface area contributed by atoms with Crippen LogP contribution in [-0.4, -0.2) is 39.0 Å². The summed E-state index contributed by atoms with van der Waals surface area (Å²) in [6, 6.07) is 136. The third-order valence-electron chi connectivity index (χ3n) is 19.3. The predicted molar refractivity (Wildman–Crippen MR) is 428 cm³/mol. The normalized spacial score (nSPS) is 11.3. The molecule has 0 saturated heterocycles. The first-order chi connectivity index (χ1) is 51.6. The van der Waals surface area contributed by atoms with Crippen LogP contribution >= 0.6 is 0 Å². The molecule has 488 valence electrons. The van der Waals surface area contributed by atoms with Gasteiger partial charge in [0, 0.05) is 66.3 Å². The van der Waals surface area contributed by atoms with Crippen molar-refractivity contribution in [2.24, 2.45) is 0 Å². The third-order valence-corrected chi connectivity index (χ3v) is 19.3. The van der Waals surface area contributed by atoms with E-state index in [-0.39, 0.29) is 0 Å². The molecular weight excluding hydrogens is 1270 g/mol. The van der Waals surface area contributed by atoms with Crippen LogP contribution in [0.15, 0.2) is 388 Å². The van der Waals surface area contributed by atoms with Gasteiger partial charge >= 0.3 is 0 Å². The van der Waals surface area contributed by atoms with E-state index in [0.29, 0.717) is 34.9 Å². The number of nitrogens with zero attached hydrogens (tertiary/aromatic N) is 8. The van der Waals surface area contributed by atoms with Crippen LogP contribution in [0.4, 0.5) is 0 Å². The van der Waals surface area contributed by atoms with Crippen LogP contribution in [-0.2, 0) is 0 Å². The van der Waals surface area contributed by atoms with Gasteiger partial charge in [0.25, 0.3) is 0 Å². The molecule has 19 aromatic rings. The molecule has 104 heavy (non-hydrogen) atoms. The topological polar surface area (TPSA) is 87.2 Å². The van der Waals surface area contributed by atoms with Gasteiger partial charge in [-0.2, -0.15) is 0 Å². The molecule has 0 bridgehead atoms. The minimum atomic E-state index is 0.631. The second-order valence-corrected chi connectivity index (χ2v) is 25.7. The summed E-state index contributed by atoms with van der Waals surface area (Å²) < 4.78 is 4.78. The monoisotopic (exact) mass is 1330 g/mol. The molecule has 0 N–H and O–H groups in total. The minimum Gasteiger partial charge on any atom is -0.309 e. The van der Waals surface area contributed by atoms with Crippen molar-refractivity contribution in [3.05, 3.63) is 388 Å². The van der Waals surface area contributed by atoms with Gasteiger partial charge in [0.05, 0.1) is 22.1 Å². The largest absolute Gasteiger partial charge is 0.309 e. The van der Waals surface area contributed by atoms with Crippen molar-refractivity contribution in [3.8, 4) is 135 Å². The van der Waals surface area contributed by atoms with Gasteiger partial charge in [0.1, 0.15) is 0 Å². The van der Waals surface area contributed by atoms with Crippen LogP contribution in [0.2, 0.25) is 0 Å². The first-order valence-electron chi connectivity index (χ1n) is 35.0. The fraction of sp³-hybridized carbons (Fsp3) is 0. The Morgan fingerprint density at radius 2 is 0.404 bits per heavy atom. The van der Waals surface area contributed by atoms with Crippen molar-refractivity contribution in [2.45, 2.75) is 0 Å². The maximum atomic E-state index is 5.05. The van der Waals surface area contributed by atoms with Gasteiger partial charge in [-0.05, 0) is 122 Å². The molecule has 0 amide bonds. The van der Waals surface area contributed by atoms with E-state index in [1.54, 1.807) is 0 Å². The van der Waals surface area contributed by atoms with Crippen LogP contribution in [0.25, 0.3) is 179 Å². The van der Waals surface area contributed by atoms with Crippen molar-refractivity contribution >= 4 is 43.6 Å². The first-order valence-corrected chi connectivity index (χ1v) is 35.0. The Labute approximate surface area is 602 Å². The molecule has 8 heteroatoms. The summed E-state index contributed by atoms with van der Waals surface area (Å²) in [4.78, 5) is 29.9. The maximum absolute atomic E-state index is 5.05. The zero-order valence-corrected chi connectivity index (χ0v) is 56.5. The van der Waals surface area contributed by atoms with Crippen molar-refractivity contribution in [1.29, 1.82) is 0 Å². The summed E-state index contributed by atoms with van der Waals surface area (Å²) in [6.45, 7) is 0. The van der Waals surface area contributed by atoms with Gasteiger partial charge < -0.3 is 9.13 Å². The summed E-state index contributed by atoms with van der Waals surface area (Å²) in [6.07, 6.45) is 0. The van der Waals surface area contributed by atoms with E-state index in [1.807, 2.05) is 121 Å². The van der Waals surface area contributed by atoms with Crippen LogP contribution in [0.5, 0.6) is 0 Å². The van der Waals surface area contributed by atoms with E-state index < -0.39 is 0 Å². The quantitative estimate of drug-likeness (QED) is 0.114. The summed E-state index contributed by atoms with van der Waals surface area (Å²) in [5, 5.41) is 4.83. The zero-order chi connectivity index (χ0) is 69.1. The molecule has 0 aliphatic heterocycles. The SMILES string of the molecule is c1ccc(-c2ccc3c4c(-c5cccc(-c6nc(-c7ccccc7)nc(-c7ccccc7)n6)c5)cccc4n(-c4ccccc4)c3c2)cc1.c1ccc(-c2cccc(-c3cccc4c3c3c(-c5cccc(-c6nc(-c7ccccc7)nc(-c7ccccc7)n6)c5)cccc3n4-c3ccccc3)c2)cc1. The van der Waals surface area contributed by atoms with E-state index >= 15 is 0 Å². The average molecular weight is 1330 g/mol. The van der Waals surface area contributed by atoms with E-state index in [1.165, 1.54) is 60.4 Å². The Hall–Kier alpha value is -14.1. The summed E-state index contributed by atoms with van der Waals surface area (Å²) in [5.74, 6) is 3.86. The summed E-state index contributed by atoms with van der Waals surface area (Å²) >= 11 is 0. The Bertz CT molecular complexity index is 6190. The average Bonchev–Trinajstić information content (AvgIpc) is 1.58. The number of rotatable bonds is 13. The zero-order valence-electron chi connectivity index (χ0n) is 56.5. The lowest BCUT2D eigenvalue weighted by Gasteiger charge is -2.11. The number of hydrogen-bond acceptors (Lipinski definition) is 6. The van der Waals surface area contributed by atoms with E-state index in [9.17, 15) is 0 Å². The highest BCUT2D eigenvalue weighted by Gasteiger charge is 2.23. The molecule has 0 radical (unpaired) electrons. The number of fused-ring (bicyclic) bond motifs is 6. The van der Waals surface area contributed by atoms with E-state index in [4.69, 9.17) is 29.9 Å². The van der Waals surface area contributed by atoms with Gasteiger partial charge in [-0.3, -0.25) is 0 Å². The lowest BCUT2D eigenvalue weighted by Crippen LogP contribution is -2.00. The second kappa shape index (κ2) is 27.6. The third kappa shape index (κ3) is 12.0. The number of para-hydroxylation sites is 2. The fourth-order valence-corrected chi connectivity index (χ4v) is 14.4. The number of hydrogen-bond donors (Lipinski definition) is 0. The Kier molecular flexibility index (Phi) is 16.5. The van der Waals surface area contributed by atoms with Crippen molar-refractivity contribution in [2.75, 3.05) is 0 Å². The van der Waals surface area contributed by atoms with Crippen molar-refractivity contribution < 1.29 is 0 Å². The molecule has 0 fully saturated rings. The highest BCUT2D eigenvalue weighted by atomic mass is 15.0. The Morgan fingerprint density at radius 3 is 0.769 bits per heavy atom. The van der Waals surface area contributed by atoms with Gasteiger partial charge in [-0.25, -0.2) is 29.9 Å². The molecule has 0 aliphatic carbocycles. The van der Waals surface area contributed by atoms with Crippen molar-refractivity contribution in [3.63, 3.8) is 0 Å². The molecule has 8 nitrogen and oxygen atoms in total. The molecule has 0 atom stereocenters. The Morgan fingerprint density at radius 1 is 0.154 bits per heavy atom. The molecule has 19 rings (SSSR count). The highest BCUT2D eigenvalue weighted by Crippen LogP contribution is 2.45. The molecule has 0 unspecified atom stereocenters.